The van der Waals surface area contributed by atoms with E-state index in [0.29, 0.717) is 11.0 Å². The van der Waals surface area contributed by atoms with Crippen LogP contribution in [0.1, 0.15) is 10.4 Å². The van der Waals surface area contributed by atoms with Gasteiger partial charge in [0.05, 0.1) is 12.5 Å². The van der Waals surface area contributed by atoms with E-state index in [1.54, 1.807) is 18.4 Å². The fourth-order valence-electron chi connectivity index (χ4n) is 2.07. The van der Waals surface area contributed by atoms with E-state index >= 15 is 0 Å². The zero-order valence-corrected chi connectivity index (χ0v) is 13.0. The Balaban J connectivity index is 2.16. The van der Waals surface area contributed by atoms with Gasteiger partial charge in [-0.3, -0.25) is 0 Å². The number of benzene rings is 1. The van der Waals surface area contributed by atoms with Gasteiger partial charge in [-0.05, 0) is 43.7 Å². The van der Waals surface area contributed by atoms with Gasteiger partial charge < -0.3 is 4.74 Å². The maximum atomic E-state index is 6.32. The molecule has 3 rings (SSSR count). The second kappa shape index (κ2) is 5.04. The third-order valence-electron chi connectivity index (χ3n) is 3.33. The highest BCUT2D eigenvalue weighted by atomic mass is 35.5. The molecule has 0 unspecified atom stereocenters. The number of aryl methyl sites for hydroxylation is 2. The topological polar surface area (TPSA) is 35.0 Å². The van der Waals surface area contributed by atoms with E-state index in [-0.39, 0.29) is 0 Å². The van der Waals surface area contributed by atoms with Gasteiger partial charge in [-0.1, -0.05) is 11.6 Å². The number of halogens is 1. The summed E-state index contributed by atoms with van der Waals surface area (Å²) in [5, 5.41) is 1.48. The standard InChI is InChI=1S/C15H13ClN2OS/c1-8-9(2)20-15-12(8)13(16)17-14(18-15)10-4-6-11(19-3)7-5-10/h4-7H,1-3H3. The first-order valence-corrected chi connectivity index (χ1v) is 7.37. The van der Waals surface area contributed by atoms with E-state index < -0.39 is 0 Å². The van der Waals surface area contributed by atoms with Crippen molar-refractivity contribution in [2.75, 3.05) is 7.11 Å². The Morgan fingerprint density at radius 2 is 1.80 bits per heavy atom. The molecule has 0 aliphatic rings. The molecule has 5 heteroatoms. The van der Waals surface area contributed by atoms with Gasteiger partial charge in [0.1, 0.15) is 15.7 Å². The number of hydrogen-bond donors (Lipinski definition) is 0. The molecular formula is C15H13ClN2OS. The van der Waals surface area contributed by atoms with Crippen LogP contribution in [0.4, 0.5) is 0 Å². The van der Waals surface area contributed by atoms with Crippen LogP contribution in [-0.4, -0.2) is 17.1 Å². The molecule has 0 saturated heterocycles. The molecule has 2 heterocycles. The van der Waals surface area contributed by atoms with Crippen molar-refractivity contribution in [2.24, 2.45) is 0 Å². The predicted molar refractivity (Wildman–Crippen MR) is 83.9 cm³/mol. The van der Waals surface area contributed by atoms with Crippen LogP contribution in [0.2, 0.25) is 5.15 Å². The number of rotatable bonds is 2. The van der Waals surface area contributed by atoms with Crippen LogP contribution in [-0.2, 0) is 0 Å². The highest BCUT2D eigenvalue weighted by Crippen LogP contribution is 2.34. The Bertz CT molecular complexity index is 781. The smallest absolute Gasteiger partial charge is 0.162 e. The van der Waals surface area contributed by atoms with Crippen LogP contribution in [0.5, 0.6) is 5.75 Å². The highest BCUT2D eigenvalue weighted by Gasteiger charge is 2.14. The molecule has 0 amide bonds. The fourth-order valence-corrected chi connectivity index (χ4v) is 3.47. The van der Waals surface area contributed by atoms with E-state index in [9.17, 15) is 0 Å². The Morgan fingerprint density at radius 3 is 2.45 bits per heavy atom. The zero-order chi connectivity index (χ0) is 14.3. The molecule has 0 spiro atoms. The largest absolute Gasteiger partial charge is 0.497 e. The van der Waals surface area contributed by atoms with Crippen LogP contribution in [0, 0.1) is 13.8 Å². The lowest BCUT2D eigenvalue weighted by atomic mass is 10.2. The summed E-state index contributed by atoms with van der Waals surface area (Å²) in [4.78, 5) is 11.2. The normalized spacial score (nSPS) is 11.0. The van der Waals surface area contributed by atoms with Crippen molar-refractivity contribution in [3.8, 4) is 17.1 Å². The third-order valence-corrected chi connectivity index (χ3v) is 4.71. The maximum absolute atomic E-state index is 6.32. The molecule has 0 saturated carbocycles. The Labute approximate surface area is 126 Å². The second-order valence-electron chi connectivity index (χ2n) is 4.53. The lowest BCUT2D eigenvalue weighted by molar-refractivity contribution is 0.415. The summed E-state index contributed by atoms with van der Waals surface area (Å²) in [6.45, 7) is 4.13. The monoisotopic (exact) mass is 304 g/mol. The van der Waals surface area contributed by atoms with Crippen molar-refractivity contribution in [3.63, 3.8) is 0 Å². The summed E-state index contributed by atoms with van der Waals surface area (Å²) < 4.78 is 5.15. The minimum Gasteiger partial charge on any atom is -0.497 e. The van der Waals surface area contributed by atoms with Crippen molar-refractivity contribution in [1.29, 1.82) is 0 Å². The SMILES string of the molecule is COc1ccc(-c2nc(Cl)c3c(C)c(C)sc3n2)cc1. The maximum Gasteiger partial charge on any atom is 0.162 e. The van der Waals surface area contributed by atoms with Gasteiger partial charge in [0.25, 0.3) is 0 Å². The molecule has 0 fully saturated rings. The molecule has 0 aliphatic heterocycles. The molecule has 2 aromatic heterocycles. The van der Waals surface area contributed by atoms with Gasteiger partial charge in [-0.15, -0.1) is 11.3 Å². The van der Waals surface area contributed by atoms with Crippen molar-refractivity contribution in [1.82, 2.24) is 9.97 Å². The van der Waals surface area contributed by atoms with E-state index in [0.717, 1.165) is 27.1 Å². The predicted octanol–water partition coefficient (Wildman–Crippen LogP) is 4.64. The average molecular weight is 305 g/mol. The van der Waals surface area contributed by atoms with Crippen LogP contribution in [0.25, 0.3) is 21.6 Å². The number of ether oxygens (including phenoxy) is 1. The van der Waals surface area contributed by atoms with Gasteiger partial charge in [0.2, 0.25) is 0 Å². The molecule has 102 valence electrons. The number of thiophene rings is 1. The number of hydrogen-bond acceptors (Lipinski definition) is 4. The molecular weight excluding hydrogens is 292 g/mol. The highest BCUT2D eigenvalue weighted by molar-refractivity contribution is 7.18. The van der Waals surface area contributed by atoms with Crippen molar-refractivity contribution in [2.45, 2.75) is 13.8 Å². The lowest BCUT2D eigenvalue weighted by Crippen LogP contribution is -1.91. The fraction of sp³-hybridized carbons (Fsp3) is 0.200. The van der Waals surface area contributed by atoms with Gasteiger partial charge in [-0.2, -0.15) is 0 Å². The number of methoxy groups -OCH3 is 1. The second-order valence-corrected chi connectivity index (χ2v) is 6.09. The molecule has 20 heavy (non-hydrogen) atoms. The first-order valence-electron chi connectivity index (χ1n) is 6.18. The summed E-state index contributed by atoms with van der Waals surface area (Å²) in [7, 11) is 1.64. The van der Waals surface area contributed by atoms with E-state index in [4.69, 9.17) is 16.3 Å². The van der Waals surface area contributed by atoms with Gasteiger partial charge in [0, 0.05) is 10.4 Å². The van der Waals surface area contributed by atoms with Crippen molar-refractivity contribution >= 4 is 33.2 Å². The minimum atomic E-state index is 0.516. The number of fused-ring (bicyclic) bond motifs is 1. The summed E-state index contributed by atoms with van der Waals surface area (Å²) in [6, 6.07) is 7.65. The number of nitrogens with zero attached hydrogens (tertiary/aromatic N) is 2. The molecule has 0 aliphatic carbocycles. The van der Waals surface area contributed by atoms with Crippen LogP contribution in [0.15, 0.2) is 24.3 Å². The van der Waals surface area contributed by atoms with Crippen molar-refractivity contribution < 1.29 is 4.74 Å². The third kappa shape index (κ3) is 2.15. The lowest BCUT2D eigenvalue weighted by Gasteiger charge is -2.04. The van der Waals surface area contributed by atoms with E-state index in [1.165, 1.54) is 4.88 Å². The van der Waals surface area contributed by atoms with Gasteiger partial charge >= 0.3 is 0 Å². The molecule has 3 nitrogen and oxygen atoms in total. The molecule has 3 aromatic rings. The van der Waals surface area contributed by atoms with Gasteiger partial charge in [0.15, 0.2) is 5.82 Å². The Hall–Kier alpha value is -1.65. The molecule has 0 radical (unpaired) electrons. The summed E-state index contributed by atoms with van der Waals surface area (Å²) in [5.41, 5.74) is 2.09. The van der Waals surface area contributed by atoms with Crippen molar-refractivity contribution in [3.05, 3.63) is 39.9 Å². The van der Waals surface area contributed by atoms with Crippen LogP contribution >= 0.6 is 22.9 Å². The molecule has 0 N–H and O–H groups in total. The first kappa shape index (κ1) is 13.3. The average Bonchev–Trinajstić information content (AvgIpc) is 2.74. The Morgan fingerprint density at radius 1 is 1.10 bits per heavy atom. The number of aromatic nitrogens is 2. The minimum absolute atomic E-state index is 0.516. The zero-order valence-electron chi connectivity index (χ0n) is 11.4. The first-order chi connectivity index (χ1) is 9.60. The Kier molecular flexibility index (Phi) is 3.36. The van der Waals surface area contributed by atoms with E-state index in [1.807, 2.05) is 24.3 Å². The summed E-state index contributed by atoms with van der Waals surface area (Å²) in [5.74, 6) is 1.45. The summed E-state index contributed by atoms with van der Waals surface area (Å²) in [6.07, 6.45) is 0. The molecule has 0 bridgehead atoms. The summed E-state index contributed by atoms with van der Waals surface area (Å²) >= 11 is 7.97. The van der Waals surface area contributed by atoms with Crippen LogP contribution in [0.3, 0.4) is 0 Å². The van der Waals surface area contributed by atoms with E-state index in [2.05, 4.69) is 23.8 Å². The van der Waals surface area contributed by atoms with Crippen LogP contribution < -0.4 is 4.74 Å². The molecule has 0 atom stereocenters. The van der Waals surface area contributed by atoms with Gasteiger partial charge in [-0.25, -0.2) is 9.97 Å². The molecule has 1 aromatic carbocycles. The quantitative estimate of drug-likeness (QED) is 0.647.